The highest BCUT2D eigenvalue weighted by Gasteiger charge is 2.38. The van der Waals surface area contributed by atoms with Crippen molar-refractivity contribution >= 4 is 23.9 Å². The van der Waals surface area contributed by atoms with Crippen molar-refractivity contribution in [2.24, 2.45) is 0 Å². The molecule has 0 saturated carbocycles. The van der Waals surface area contributed by atoms with Gasteiger partial charge in [-0.05, 0) is 29.8 Å². The van der Waals surface area contributed by atoms with Crippen molar-refractivity contribution in [3.8, 4) is 11.5 Å². The van der Waals surface area contributed by atoms with Crippen LogP contribution in [0.1, 0.15) is 5.56 Å². The Balaban J connectivity index is 2.43. The molecule has 1 aliphatic rings. The average Bonchev–Trinajstić information content (AvgIpc) is 2.57. The number of imide groups is 2. The van der Waals surface area contributed by atoms with Gasteiger partial charge in [0.2, 0.25) is 0 Å². The summed E-state index contributed by atoms with van der Waals surface area (Å²) in [5.74, 6) is -1.90. The van der Waals surface area contributed by atoms with Crippen molar-refractivity contribution in [3.63, 3.8) is 0 Å². The van der Waals surface area contributed by atoms with Crippen LogP contribution in [-0.4, -0.2) is 59.1 Å². The third-order valence-corrected chi connectivity index (χ3v) is 3.47. The molecule has 0 unspecified atom stereocenters. The van der Waals surface area contributed by atoms with Gasteiger partial charge >= 0.3 is 6.03 Å². The predicted octanol–water partition coefficient (Wildman–Crippen LogP) is 1.06. The van der Waals surface area contributed by atoms with Crippen molar-refractivity contribution in [2.45, 2.75) is 0 Å². The summed E-state index contributed by atoms with van der Waals surface area (Å²) in [5, 5.41) is 18.8. The zero-order valence-electron chi connectivity index (χ0n) is 13.3. The van der Waals surface area contributed by atoms with Gasteiger partial charge in [0.05, 0.1) is 7.11 Å². The number of phenols is 2. The number of aromatic hydroxyl groups is 2. The molecule has 1 heterocycles. The quantitative estimate of drug-likeness (QED) is 0.371. The van der Waals surface area contributed by atoms with Crippen molar-refractivity contribution in [1.29, 1.82) is 0 Å². The Bertz CT molecular complexity index is 755. The Kier molecular flexibility index (Phi) is 4.59. The van der Waals surface area contributed by atoms with Crippen LogP contribution in [0.25, 0.3) is 6.08 Å². The molecular weight excluding hydrogens is 316 g/mol. The zero-order chi connectivity index (χ0) is 18.0. The molecule has 24 heavy (non-hydrogen) atoms. The minimum absolute atomic E-state index is 0.160. The first-order chi connectivity index (χ1) is 11.3. The maximum Gasteiger partial charge on any atom is 0.333 e. The summed E-state index contributed by atoms with van der Waals surface area (Å²) in [6.07, 6.45) is 2.68. The second-order valence-electron chi connectivity index (χ2n) is 5.07. The molecule has 1 aromatic carbocycles. The fourth-order valence-corrected chi connectivity index (χ4v) is 2.07. The number of nitrogens with zero attached hydrogens (tertiary/aromatic N) is 2. The molecular formula is C16H16N2O6. The predicted molar refractivity (Wildman–Crippen MR) is 83.8 cm³/mol. The maximum absolute atomic E-state index is 12.1. The molecule has 1 fully saturated rings. The number of phenolic OH excluding ortho intramolecular Hbond substituents is 2. The van der Waals surface area contributed by atoms with E-state index in [0.717, 1.165) is 9.80 Å². The van der Waals surface area contributed by atoms with Crippen LogP contribution in [0.4, 0.5) is 4.79 Å². The largest absolute Gasteiger partial charge is 0.504 e. The lowest BCUT2D eigenvalue weighted by atomic mass is 10.1. The number of urea groups is 1. The topological polar surface area (TPSA) is 107 Å². The summed E-state index contributed by atoms with van der Waals surface area (Å²) >= 11 is 0. The highest BCUT2D eigenvalue weighted by Crippen LogP contribution is 2.26. The standard InChI is InChI=1S/C16H16N2O6/c1-17-14(21)11(15(22)18(2)16(17)23)8-10(24-3)6-9-4-5-12(19)13(20)7-9/h4-8,19-20H,1-3H3. The van der Waals surface area contributed by atoms with Gasteiger partial charge in [0.15, 0.2) is 11.5 Å². The van der Waals surface area contributed by atoms with Crippen LogP contribution in [-0.2, 0) is 14.3 Å². The van der Waals surface area contributed by atoms with E-state index in [1.54, 1.807) is 0 Å². The van der Waals surface area contributed by atoms with E-state index in [1.165, 1.54) is 51.6 Å². The molecule has 2 N–H and O–H groups in total. The molecule has 0 spiro atoms. The van der Waals surface area contributed by atoms with Crippen LogP contribution in [0.5, 0.6) is 11.5 Å². The van der Waals surface area contributed by atoms with Crippen molar-refractivity contribution in [1.82, 2.24) is 9.80 Å². The molecule has 0 atom stereocenters. The number of carbonyl (C=O) groups excluding carboxylic acids is 3. The molecule has 1 saturated heterocycles. The normalized spacial score (nSPS) is 15.9. The van der Waals surface area contributed by atoms with E-state index in [9.17, 15) is 24.6 Å². The SMILES string of the molecule is COC(=Cc1ccc(O)c(O)c1)C=C1C(=O)N(C)C(=O)N(C)C1=O. The van der Waals surface area contributed by atoms with Gasteiger partial charge in [-0.3, -0.25) is 19.4 Å². The van der Waals surface area contributed by atoms with E-state index < -0.39 is 17.8 Å². The number of hydrogen-bond acceptors (Lipinski definition) is 6. The first-order valence-electron chi connectivity index (χ1n) is 6.85. The lowest BCUT2D eigenvalue weighted by Crippen LogP contribution is -2.53. The van der Waals surface area contributed by atoms with Gasteiger partial charge in [0, 0.05) is 14.1 Å². The van der Waals surface area contributed by atoms with Gasteiger partial charge in [-0.15, -0.1) is 0 Å². The molecule has 4 amide bonds. The molecule has 0 aliphatic carbocycles. The van der Waals surface area contributed by atoms with E-state index in [0.29, 0.717) is 5.56 Å². The zero-order valence-corrected chi connectivity index (χ0v) is 13.3. The van der Waals surface area contributed by atoms with Gasteiger partial charge in [-0.1, -0.05) is 6.07 Å². The van der Waals surface area contributed by atoms with Crippen LogP contribution in [0.3, 0.4) is 0 Å². The molecule has 8 heteroatoms. The molecule has 1 aliphatic heterocycles. The van der Waals surface area contributed by atoms with Crippen LogP contribution in [0, 0.1) is 0 Å². The van der Waals surface area contributed by atoms with Gasteiger partial charge in [0.25, 0.3) is 11.8 Å². The maximum atomic E-state index is 12.1. The van der Waals surface area contributed by atoms with Gasteiger partial charge in [0.1, 0.15) is 11.3 Å². The summed E-state index contributed by atoms with van der Waals surface area (Å²) in [4.78, 5) is 37.6. The average molecular weight is 332 g/mol. The van der Waals surface area contributed by atoms with Gasteiger partial charge in [-0.25, -0.2) is 4.79 Å². The Labute approximate surface area is 137 Å². The number of benzene rings is 1. The summed E-state index contributed by atoms with van der Waals surface area (Å²) < 4.78 is 5.14. The lowest BCUT2D eigenvalue weighted by Gasteiger charge is -2.28. The number of allylic oxidation sites excluding steroid dienone is 1. The Morgan fingerprint density at radius 2 is 1.62 bits per heavy atom. The van der Waals surface area contributed by atoms with E-state index >= 15 is 0 Å². The van der Waals surface area contributed by atoms with Crippen LogP contribution in [0.2, 0.25) is 0 Å². The number of barbiturate groups is 1. The Morgan fingerprint density at radius 3 is 2.12 bits per heavy atom. The monoisotopic (exact) mass is 332 g/mol. The molecule has 0 bridgehead atoms. The minimum atomic E-state index is -0.736. The van der Waals surface area contributed by atoms with E-state index in [2.05, 4.69) is 0 Å². The first-order valence-corrected chi connectivity index (χ1v) is 6.85. The number of ether oxygens (including phenoxy) is 1. The van der Waals surface area contributed by atoms with E-state index in [1.807, 2.05) is 0 Å². The van der Waals surface area contributed by atoms with Crippen LogP contribution in [0.15, 0.2) is 35.6 Å². The number of likely N-dealkylation sites (N-methyl/N-ethyl adjacent to an activating group) is 2. The molecule has 0 aromatic heterocycles. The smallest absolute Gasteiger partial charge is 0.333 e. The lowest BCUT2D eigenvalue weighted by molar-refractivity contribution is -0.134. The fraction of sp³-hybridized carbons (Fsp3) is 0.188. The number of rotatable bonds is 3. The molecule has 0 radical (unpaired) electrons. The van der Waals surface area contributed by atoms with Crippen LogP contribution >= 0.6 is 0 Å². The number of carbonyl (C=O) groups is 3. The van der Waals surface area contributed by atoms with E-state index in [-0.39, 0.29) is 22.8 Å². The molecule has 126 valence electrons. The van der Waals surface area contributed by atoms with Crippen molar-refractivity contribution in [2.75, 3.05) is 21.2 Å². The molecule has 8 nitrogen and oxygen atoms in total. The second kappa shape index (κ2) is 6.45. The van der Waals surface area contributed by atoms with Crippen molar-refractivity contribution < 1.29 is 29.3 Å². The summed E-state index contributed by atoms with van der Waals surface area (Å²) in [6.45, 7) is 0. The fourth-order valence-electron chi connectivity index (χ4n) is 2.07. The Morgan fingerprint density at radius 1 is 1.04 bits per heavy atom. The number of amides is 4. The number of methoxy groups -OCH3 is 1. The van der Waals surface area contributed by atoms with Crippen LogP contribution < -0.4 is 0 Å². The minimum Gasteiger partial charge on any atom is -0.504 e. The number of hydrogen-bond donors (Lipinski definition) is 2. The molecule has 2 rings (SSSR count). The third-order valence-electron chi connectivity index (χ3n) is 3.47. The summed E-state index contributed by atoms with van der Waals surface area (Å²) in [7, 11) is 3.89. The van der Waals surface area contributed by atoms with E-state index in [4.69, 9.17) is 4.74 Å². The van der Waals surface area contributed by atoms with Crippen molar-refractivity contribution in [3.05, 3.63) is 41.2 Å². The third kappa shape index (κ3) is 3.07. The Hall–Kier alpha value is -3.29. The van der Waals surface area contributed by atoms with Gasteiger partial charge < -0.3 is 14.9 Å². The highest BCUT2D eigenvalue weighted by molar-refractivity contribution is 6.28. The first kappa shape index (κ1) is 17.1. The van der Waals surface area contributed by atoms with Gasteiger partial charge in [-0.2, -0.15) is 0 Å². The molecule has 1 aromatic rings. The summed E-state index contributed by atoms with van der Waals surface area (Å²) in [5.41, 5.74) is 0.253. The second-order valence-corrected chi connectivity index (χ2v) is 5.07. The summed E-state index contributed by atoms with van der Waals surface area (Å²) in [6, 6.07) is 3.38. The highest BCUT2D eigenvalue weighted by atomic mass is 16.5.